The van der Waals surface area contributed by atoms with Crippen molar-refractivity contribution in [2.45, 2.75) is 38.9 Å². The number of benzene rings is 6. The minimum atomic E-state index is -0.439. The van der Waals surface area contributed by atoms with Gasteiger partial charge in [-0.3, -0.25) is 0 Å². The zero-order chi connectivity index (χ0) is 31.0. The molecular weight excluding hydrogens is 547 g/mol. The summed E-state index contributed by atoms with van der Waals surface area (Å²) in [7, 11) is -0.439. The van der Waals surface area contributed by atoms with E-state index in [1.165, 1.54) is 38.9 Å². The molecular formula is C42H37BO2. The van der Waals surface area contributed by atoms with Crippen LogP contribution in [0.15, 0.2) is 152 Å². The Labute approximate surface area is 267 Å². The molecule has 0 aliphatic carbocycles. The van der Waals surface area contributed by atoms with Crippen molar-refractivity contribution in [2.24, 2.45) is 0 Å². The van der Waals surface area contributed by atoms with Crippen LogP contribution in [0.2, 0.25) is 0 Å². The van der Waals surface area contributed by atoms with Crippen molar-refractivity contribution >= 4 is 12.6 Å². The van der Waals surface area contributed by atoms with E-state index in [-0.39, 0.29) is 0 Å². The van der Waals surface area contributed by atoms with Gasteiger partial charge in [0.25, 0.3) is 0 Å². The molecule has 1 heterocycles. The molecule has 0 atom stereocenters. The first-order valence-electron chi connectivity index (χ1n) is 15.7. The Morgan fingerprint density at radius 2 is 0.644 bits per heavy atom. The third-order valence-corrected chi connectivity index (χ3v) is 9.31. The lowest BCUT2D eigenvalue weighted by Crippen LogP contribution is -2.41. The van der Waals surface area contributed by atoms with Gasteiger partial charge in [0.05, 0.1) is 11.2 Å². The molecule has 1 fully saturated rings. The molecule has 1 saturated heterocycles. The van der Waals surface area contributed by atoms with Gasteiger partial charge >= 0.3 is 7.12 Å². The summed E-state index contributed by atoms with van der Waals surface area (Å²) < 4.78 is 13.0. The second kappa shape index (κ2) is 11.7. The highest BCUT2D eigenvalue weighted by atomic mass is 16.7. The van der Waals surface area contributed by atoms with E-state index in [9.17, 15) is 0 Å². The maximum absolute atomic E-state index is 6.49. The highest BCUT2D eigenvalue weighted by Gasteiger charge is 2.51. The smallest absolute Gasteiger partial charge is 0.399 e. The Morgan fingerprint density at radius 1 is 0.333 bits per heavy atom. The summed E-state index contributed by atoms with van der Waals surface area (Å²) in [6, 6.07) is 54.2. The van der Waals surface area contributed by atoms with Crippen LogP contribution >= 0.6 is 0 Å². The van der Waals surface area contributed by atoms with Crippen LogP contribution in [-0.2, 0) is 9.31 Å². The van der Waals surface area contributed by atoms with Crippen molar-refractivity contribution in [1.82, 2.24) is 0 Å². The average Bonchev–Trinajstić information content (AvgIpc) is 3.31. The Balaban J connectivity index is 1.24. The summed E-state index contributed by atoms with van der Waals surface area (Å²) in [6.45, 7) is 8.41. The Hall–Kier alpha value is -4.70. The van der Waals surface area contributed by atoms with Crippen LogP contribution in [0.1, 0.15) is 27.7 Å². The summed E-state index contributed by atoms with van der Waals surface area (Å²) in [4.78, 5) is 0. The van der Waals surface area contributed by atoms with Crippen LogP contribution < -0.4 is 5.46 Å². The van der Waals surface area contributed by atoms with Crippen LogP contribution in [0.3, 0.4) is 0 Å². The molecule has 0 spiro atoms. The summed E-state index contributed by atoms with van der Waals surface area (Å²) in [5.74, 6) is 0. The number of hydrogen-bond donors (Lipinski definition) is 0. The van der Waals surface area contributed by atoms with Gasteiger partial charge in [0.1, 0.15) is 0 Å². The molecule has 1 aliphatic rings. The first kappa shape index (κ1) is 29.0. The SMILES string of the molecule is CC1(C)OB(c2cc(-c3ccccc3)cc(-c3cccc(-c4cccc(-c5ccc(-c6ccccc6)cc5)c4)c3)c2)OC1(C)C. The second-order valence-corrected chi connectivity index (χ2v) is 12.9. The second-order valence-electron chi connectivity index (χ2n) is 12.9. The van der Waals surface area contributed by atoms with E-state index < -0.39 is 18.3 Å². The monoisotopic (exact) mass is 584 g/mol. The predicted molar refractivity (Wildman–Crippen MR) is 189 cm³/mol. The molecule has 6 aromatic rings. The summed E-state index contributed by atoms with van der Waals surface area (Å²) >= 11 is 0. The molecule has 0 N–H and O–H groups in total. The van der Waals surface area contributed by atoms with Crippen molar-refractivity contribution < 1.29 is 9.31 Å². The lowest BCUT2D eigenvalue weighted by molar-refractivity contribution is 0.00578. The van der Waals surface area contributed by atoms with Crippen LogP contribution in [0, 0.1) is 0 Å². The fourth-order valence-corrected chi connectivity index (χ4v) is 5.97. The van der Waals surface area contributed by atoms with Gasteiger partial charge in [-0.2, -0.15) is 0 Å². The van der Waals surface area contributed by atoms with Crippen LogP contribution in [0.5, 0.6) is 0 Å². The van der Waals surface area contributed by atoms with Crippen LogP contribution in [0.25, 0.3) is 55.6 Å². The Bertz CT molecular complexity index is 1930. The minimum absolute atomic E-state index is 0.409. The maximum Gasteiger partial charge on any atom is 0.494 e. The predicted octanol–water partition coefficient (Wildman–Crippen LogP) is 10.3. The highest BCUT2D eigenvalue weighted by molar-refractivity contribution is 6.62. The van der Waals surface area contributed by atoms with E-state index in [2.05, 4.69) is 179 Å². The molecule has 7 rings (SSSR count). The fraction of sp³-hybridized carbons (Fsp3) is 0.143. The van der Waals surface area contributed by atoms with Crippen molar-refractivity contribution in [3.63, 3.8) is 0 Å². The summed E-state index contributed by atoms with van der Waals surface area (Å²) in [5.41, 5.74) is 12.0. The molecule has 45 heavy (non-hydrogen) atoms. The van der Waals surface area contributed by atoms with Crippen LogP contribution in [0.4, 0.5) is 0 Å². The van der Waals surface area contributed by atoms with Crippen molar-refractivity contribution in [2.75, 3.05) is 0 Å². The van der Waals surface area contributed by atoms with Gasteiger partial charge in [0, 0.05) is 0 Å². The third-order valence-electron chi connectivity index (χ3n) is 9.31. The molecule has 0 bridgehead atoms. The first-order valence-corrected chi connectivity index (χ1v) is 15.7. The maximum atomic E-state index is 6.49. The zero-order valence-corrected chi connectivity index (χ0v) is 26.3. The molecule has 0 radical (unpaired) electrons. The van der Waals surface area contributed by atoms with E-state index in [0.29, 0.717) is 0 Å². The van der Waals surface area contributed by atoms with Crippen molar-refractivity contribution in [3.05, 3.63) is 152 Å². The molecule has 2 nitrogen and oxygen atoms in total. The fourth-order valence-electron chi connectivity index (χ4n) is 5.97. The molecule has 0 amide bonds. The zero-order valence-electron chi connectivity index (χ0n) is 26.3. The quantitative estimate of drug-likeness (QED) is 0.181. The normalized spacial score (nSPS) is 15.2. The van der Waals surface area contributed by atoms with Gasteiger partial charge in [0.15, 0.2) is 0 Å². The Morgan fingerprint density at radius 3 is 1.13 bits per heavy atom. The largest absolute Gasteiger partial charge is 0.494 e. The van der Waals surface area contributed by atoms with E-state index in [0.717, 1.165) is 22.2 Å². The molecule has 3 heteroatoms. The van der Waals surface area contributed by atoms with Crippen LogP contribution in [-0.4, -0.2) is 18.3 Å². The summed E-state index contributed by atoms with van der Waals surface area (Å²) in [6.07, 6.45) is 0. The van der Waals surface area contributed by atoms with Gasteiger partial charge in [-0.05, 0) is 107 Å². The van der Waals surface area contributed by atoms with Crippen molar-refractivity contribution in [1.29, 1.82) is 0 Å². The standard InChI is InChI=1S/C42H37BO2/c1-41(2)42(3,4)45-43(44-41)40-28-38(31-15-9-6-10-16-31)27-39(29-40)37-20-12-19-36(26-37)35-18-11-17-34(25-35)33-23-21-32(22-24-33)30-13-7-5-8-14-30/h5-29H,1-4H3. The molecule has 0 aromatic heterocycles. The number of hydrogen-bond acceptors (Lipinski definition) is 2. The van der Waals surface area contributed by atoms with Gasteiger partial charge in [-0.1, -0.05) is 133 Å². The Kier molecular flexibility index (Phi) is 7.53. The lowest BCUT2D eigenvalue weighted by Gasteiger charge is -2.32. The minimum Gasteiger partial charge on any atom is -0.399 e. The van der Waals surface area contributed by atoms with Gasteiger partial charge in [-0.25, -0.2) is 0 Å². The van der Waals surface area contributed by atoms with Gasteiger partial charge in [0.2, 0.25) is 0 Å². The van der Waals surface area contributed by atoms with Gasteiger partial charge < -0.3 is 9.31 Å². The lowest BCUT2D eigenvalue weighted by atomic mass is 9.76. The molecule has 0 saturated carbocycles. The van der Waals surface area contributed by atoms with E-state index in [1.54, 1.807) is 0 Å². The van der Waals surface area contributed by atoms with Crippen molar-refractivity contribution in [3.8, 4) is 55.6 Å². The molecule has 220 valence electrons. The molecule has 6 aromatic carbocycles. The topological polar surface area (TPSA) is 18.5 Å². The summed E-state index contributed by atoms with van der Waals surface area (Å²) in [5, 5.41) is 0. The highest BCUT2D eigenvalue weighted by Crippen LogP contribution is 2.38. The molecule has 1 aliphatic heterocycles. The van der Waals surface area contributed by atoms with Gasteiger partial charge in [-0.15, -0.1) is 0 Å². The molecule has 0 unspecified atom stereocenters. The van der Waals surface area contributed by atoms with E-state index in [4.69, 9.17) is 9.31 Å². The van der Waals surface area contributed by atoms with E-state index >= 15 is 0 Å². The average molecular weight is 585 g/mol. The number of rotatable bonds is 6. The van der Waals surface area contributed by atoms with E-state index in [1.807, 2.05) is 0 Å². The third kappa shape index (κ3) is 5.90. The first-order chi connectivity index (χ1) is 21.8.